The molecule has 6 heteroatoms. The predicted molar refractivity (Wildman–Crippen MR) is 100.0 cm³/mol. The summed E-state index contributed by atoms with van der Waals surface area (Å²) < 4.78 is 24.1. The van der Waals surface area contributed by atoms with E-state index in [1.165, 1.54) is 12.1 Å². The molecule has 0 fully saturated rings. The van der Waals surface area contributed by atoms with E-state index in [2.05, 4.69) is 10.6 Å². The van der Waals surface area contributed by atoms with E-state index < -0.39 is 0 Å². The van der Waals surface area contributed by atoms with Crippen LogP contribution in [0.2, 0.25) is 0 Å². The lowest BCUT2D eigenvalue weighted by Gasteiger charge is -2.13. The van der Waals surface area contributed by atoms with Crippen LogP contribution in [0.15, 0.2) is 42.5 Å². The molecule has 0 aliphatic heterocycles. The standard InChI is InChI=1S/C20H27FN2O3/c1-15(24)12-22-9-10-23-13-17-5-8-19(20(11-17)25-2)26-14-16-3-6-18(21)7-4-16/h3-8,11,15,22-24H,9-10,12-14H2,1-2H3. The lowest BCUT2D eigenvalue weighted by atomic mass is 10.2. The second-order valence-corrected chi connectivity index (χ2v) is 6.13. The summed E-state index contributed by atoms with van der Waals surface area (Å²) in [6, 6.07) is 12.0. The number of benzene rings is 2. The summed E-state index contributed by atoms with van der Waals surface area (Å²) in [5, 5.41) is 15.7. The van der Waals surface area contributed by atoms with Crippen molar-refractivity contribution in [2.45, 2.75) is 26.2 Å². The Morgan fingerprint density at radius 2 is 1.69 bits per heavy atom. The molecule has 0 saturated heterocycles. The number of aliphatic hydroxyl groups excluding tert-OH is 1. The lowest BCUT2D eigenvalue weighted by Crippen LogP contribution is -2.31. The molecule has 26 heavy (non-hydrogen) atoms. The third-order valence-corrected chi connectivity index (χ3v) is 3.78. The average Bonchev–Trinajstić information content (AvgIpc) is 2.64. The number of hydrogen-bond acceptors (Lipinski definition) is 5. The van der Waals surface area contributed by atoms with Gasteiger partial charge in [0.05, 0.1) is 13.2 Å². The van der Waals surface area contributed by atoms with Crippen molar-refractivity contribution in [1.82, 2.24) is 10.6 Å². The molecule has 3 N–H and O–H groups in total. The first-order valence-corrected chi connectivity index (χ1v) is 8.72. The number of methoxy groups -OCH3 is 1. The van der Waals surface area contributed by atoms with Crippen molar-refractivity contribution in [2.75, 3.05) is 26.7 Å². The molecule has 0 spiro atoms. The molecule has 0 radical (unpaired) electrons. The number of halogens is 1. The molecule has 0 aliphatic rings. The number of aliphatic hydroxyl groups is 1. The molecule has 0 amide bonds. The van der Waals surface area contributed by atoms with Crippen molar-refractivity contribution < 1.29 is 19.0 Å². The molecule has 5 nitrogen and oxygen atoms in total. The van der Waals surface area contributed by atoms with Gasteiger partial charge in [0.15, 0.2) is 11.5 Å². The average molecular weight is 362 g/mol. The van der Waals surface area contributed by atoms with Crippen LogP contribution in [0.5, 0.6) is 11.5 Å². The zero-order valence-corrected chi connectivity index (χ0v) is 15.3. The number of ether oxygens (including phenoxy) is 2. The highest BCUT2D eigenvalue weighted by Gasteiger charge is 2.06. The van der Waals surface area contributed by atoms with Gasteiger partial charge in [-0.05, 0) is 42.3 Å². The van der Waals surface area contributed by atoms with Gasteiger partial charge < -0.3 is 25.2 Å². The van der Waals surface area contributed by atoms with Gasteiger partial charge in [-0.1, -0.05) is 18.2 Å². The zero-order valence-electron chi connectivity index (χ0n) is 15.3. The molecule has 2 rings (SSSR count). The summed E-state index contributed by atoms with van der Waals surface area (Å²) in [4.78, 5) is 0. The van der Waals surface area contributed by atoms with Gasteiger partial charge in [-0.3, -0.25) is 0 Å². The minimum Gasteiger partial charge on any atom is -0.493 e. The topological polar surface area (TPSA) is 62.8 Å². The molecular weight excluding hydrogens is 335 g/mol. The molecule has 0 bridgehead atoms. The molecular formula is C20H27FN2O3. The van der Waals surface area contributed by atoms with E-state index in [0.29, 0.717) is 31.2 Å². The van der Waals surface area contributed by atoms with Crippen LogP contribution in [0, 0.1) is 5.82 Å². The van der Waals surface area contributed by atoms with Crippen LogP contribution in [0.4, 0.5) is 4.39 Å². The van der Waals surface area contributed by atoms with Gasteiger partial charge in [0, 0.05) is 26.2 Å². The second kappa shape index (κ2) is 10.8. The lowest BCUT2D eigenvalue weighted by molar-refractivity contribution is 0.191. The maximum Gasteiger partial charge on any atom is 0.161 e. The zero-order chi connectivity index (χ0) is 18.8. The van der Waals surface area contributed by atoms with E-state index in [9.17, 15) is 9.50 Å². The summed E-state index contributed by atoms with van der Waals surface area (Å²) in [6.07, 6.45) is -0.332. The van der Waals surface area contributed by atoms with Crippen molar-refractivity contribution in [3.05, 3.63) is 59.4 Å². The van der Waals surface area contributed by atoms with Crippen molar-refractivity contribution >= 4 is 0 Å². The highest BCUT2D eigenvalue weighted by Crippen LogP contribution is 2.28. The Hall–Kier alpha value is -2.15. The van der Waals surface area contributed by atoms with Crippen molar-refractivity contribution in [3.63, 3.8) is 0 Å². The predicted octanol–water partition coefficient (Wildman–Crippen LogP) is 2.47. The minimum absolute atomic E-state index is 0.260. The first-order valence-electron chi connectivity index (χ1n) is 8.72. The van der Waals surface area contributed by atoms with Crippen LogP contribution >= 0.6 is 0 Å². The SMILES string of the molecule is COc1cc(CNCCNCC(C)O)ccc1OCc1ccc(F)cc1. The summed E-state index contributed by atoms with van der Waals surface area (Å²) in [5.41, 5.74) is 1.98. The fourth-order valence-corrected chi connectivity index (χ4v) is 2.40. The van der Waals surface area contributed by atoms with Crippen LogP contribution in [0.1, 0.15) is 18.1 Å². The molecule has 0 heterocycles. The smallest absolute Gasteiger partial charge is 0.161 e. The third kappa shape index (κ3) is 7.00. The second-order valence-electron chi connectivity index (χ2n) is 6.13. The van der Waals surface area contributed by atoms with Gasteiger partial charge in [0.2, 0.25) is 0 Å². The normalized spacial score (nSPS) is 12.0. The maximum atomic E-state index is 12.9. The van der Waals surface area contributed by atoms with Crippen molar-refractivity contribution in [3.8, 4) is 11.5 Å². The maximum absolute atomic E-state index is 12.9. The van der Waals surface area contributed by atoms with Gasteiger partial charge in [-0.2, -0.15) is 0 Å². The van der Waals surface area contributed by atoms with E-state index in [0.717, 1.165) is 24.2 Å². The fourth-order valence-electron chi connectivity index (χ4n) is 2.40. The van der Waals surface area contributed by atoms with Crippen LogP contribution in [0.25, 0.3) is 0 Å². The van der Waals surface area contributed by atoms with E-state index in [1.54, 1.807) is 26.2 Å². The largest absolute Gasteiger partial charge is 0.493 e. The van der Waals surface area contributed by atoms with Crippen LogP contribution in [-0.2, 0) is 13.2 Å². The van der Waals surface area contributed by atoms with E-state index >= 15 is 0 Å². The van der Waals surface area contributed by atoms with Gasteiger partial charge >= 0.3 is 0 Å². The minimum atomic E-state index is -0.332. The van der Waals surface area contributed by atoms with E-state index in [4.69, 9.17) is 9.47 Å². The van der Waals surface area contributed by atoms with Gasteiger partial charge in [0.25, 0.3) is 0 Å². The highest BCUT2D eigenvalue weighted by molar-refractivity contribution is 5.43. The third-order valence-electron chi connectivity index (χ3n) is 3.78. The van der Waals surface area contributed by atoms with Gasteiger partial charge in [0.1, 0.15) is 12.4 Å². The van der Waals surface area contributed by atoms with Crippen molar-refractivity contribution in [2.24, 2.45) is 0 Å². The Labute approximate surface area is 154 Å². The Morgan fingerprint density at radius 3 is 2.38 bits per heavy atom. The first-order chi connectivity index (χ1) is 12.6. The number of nitrogens with one attached hydrogen (secondary N) is 2. The van der Waals surface area contributed by atoms with Crippen LogP contribution in [0.3, 0.4) is 0 Å². The molecule has 0 aromatic heterocycles. The van der Waals surface area contributed by atoms with E-state index in [1.807, 2.05) is 18.2 Å². The fraction of sp³-hybridized carbons (Fsp3) is 0.400. The van der Waals surface area contributed by atoms with Gasteiger partial charge in [-0.15, -0.1) is 0 Å². The summed E-state index contributed by atoms with van der Waals surface area (Å²) in [6.45, 7) is 5.01. The van der Waals surface area contributed by atoms with Crippen LogP contribution < -0.4 is 20.1 Å². The van der Waals surface area contributed by atoms with Crippen molar-refractivity contribution in [1.29, 1.82) is 0 Å². The Bertz CT molecular complexity index is 663. The summed E-state index contributed by atoms with van der Waals surface area (Å²) in [5.74, 6) is 1.06. The first kappa shape index (κ1) is 20.2. The Balaban J connectivity index is 1.81. The monoisotopic (exact) mass is 362 g/mol. The number of rotatable bonds is 11. The number of hydrogen-bond donors (Lipinski definition) is 3. The molecule has 1 unspecified atom stereocenters. The molecule has 142 valence electrons. The molecule has 0 aliphatic carbocycles. The molecule has 1 atom stereocenters. The summed E-state index contributed by atoms with van der Waals surface area (Å²) >= 11 is 0. The Kier molecular flexibility index (Phi) is 8.34. The van der Waals surface area contributed by atoms with Crippen LogP contribution in [-0.4, -0.2) is 38.0 Å². The molecule has 2 aromatic rings. The molecule has 2 aromatic carbocycles. The Morgan fingerprint density at radius 1 is 1.00 bits per heavy atom. The summed E-state index contributed by atoms with van der Waals surface area (Å²) in [7, 11) is 1.61. The highest BCUT2D eigenvalue weighted by atomic mass is 19.1. The quantitative estimate of drug-likeness (QED) is 0.536. The van der Waals surface area contributed by atoms with Gasteiger partial charge in [-0.25, -0.2) is 4.39 Å². The molecule has 0 saturated carbocycles. The van der Waals surface area contributed by atoms with E-state index in [-0.39, 0.29) is 11.9 Å².